The molecule has 114 valence electrons. The maximum absolute atomic E-state index is 13.0. The molecule has 1 heterocycles. The molecule has 4 heteroatoms. The molecule has 0 radical (unpaired) electrons. The number of hydrogen-bond acceptors (Lipinski definition) is 2. The molecule has 4 nitrogen and oxygen atoms in total. The minimum Gasteiger partial charge on any atom is -0.310 e. The maximum atomic E-state index is 13.0. The van der Waals surface area contributed by atoms with E-state index in [9.17, 15) is 9.59 Å². The predicted octanol–water partition coefficient (Wildman–Crippen LogP) is 2.60. The zero-order valence-electron chi connectivity index (χ0n) is 12.5. The van der Waals surface area contributed by atoms with Crippen molar-refractivity contribution in [3.63, 3.8) is 0 Å². The third kappa shape index (κ3) is 2.23. The smallest absolute Gasteiger partial charge is 0.310 e. The van der Waals surface area contributed by atoms with Crippen molar-refractivity contribution in [3.8, 4) is 5.69 Å². The van der Waals surface area contributed by atoms with E-state index < -0.39 is 0 Å². The average molecular weight is 304 g/mol. The van der Waals surface area contributed by atoms with Gasteiger partial charge in [0.2, 0.25) is 0 Å². The van der Waals surface area contributed by atoms with Crippen LogP contribution in [0.3, 0.4) is 0 Å². The highest BCUT2D eigenvalue weighted by atomic mass is 16.2. The number of nitrogens with zero attached hydrogens (tertiary/aromatic N) is 1. The summed E-state index contributed by atoms with van der Waals surface area (Å²) in [6, 6.07) is 19.1. The van der Waals surface area contributed by atoms with Gasteiger partial charge in [-0.05, 0) is 30.5 Å². The van der Waals surface area contributed by atoms with E-state index in [0.29, 0.717) is 5.69 Å². The Balaban J connectivity index is 1.94. The van der Waals surface area contributed by atoms with Crippen molar-refractivity contribution in [2.24, 2.45) is 0 Å². The van der Waals surface area contributed by atoms with Crippen molar-refractivity contribution in [2.75, 3.05) is 0 Å². The molecule has 0 fully saturated rings. The second kappa shape index (κ2) is 5.39. The summed E-state index contributed by atoms with van der Waals surface area (Å²) < 4.78 is 1.24. The lowest BCUT2D eigenvalue weighted by Crippen LogP contribution is -2.36. The van der Waals surface area contributed by atoms with Gasteiger partial charge in [-0.1, -0.05) is 48.5 Å². The number of benzene rings is 2. The molecule has 1 aromatic heterocycles. The van der Waals surface area contributed by atoms with Gasteiger partial charge < -0.3 is 4.98 Å². The molecule has 23 heavy (non-hydrogen) atoms. The Morgan fingerprint density at radius 3 is 2.26 bits per heavy atom. The summed E-state index contributed by atoms with van der Waals surface area (Å²) >= 11 is 0. The first kappa shape index (κ1) is 13.8. The lowest BCUT2D eigenvalue weighted by molar-refractivity contribution is 0.774. The number of rotatable bonds is 2. The largest absolute Gasteiger partial charge is 0.333 e. The summed E-state index contributed by atoms with van der Waals surface area (Å²) in [7, 11) is 0. The van der Waals surface area contributed by atoms with Gasteiger partial charge in [0, 0.05) is 17.2 Å². The first-order chi connectivity index (χ1) is 11.3. The molecule has 3 aromatic rings. The van der Waals surface area contributed by atoms with Crippen LogP contribution in [0.5, 0.6) is 0 Å². The highest BCUT2D eigenvalue weighted by Gasteiger charge is 2.29. The minimum atomic E-state index is -0.367. The number of aryl methyl sites for hydroxylation is 1. The number of aromatic amines is 1. The summed E-state index contributed by atoms with van der Waals surface area (Å²) in [6.07, 6.45) is 1.58. The fourth-order valence-corrected chi connectivity index (χ4v) is 3.41. The Bertz CT molecular complexity index is 956. The van der Waals surface area contributed by atoms with Gasteiger partial charge in [-0.25, -0.2) is 9.36 Å². The topological polar surface area (TPSA) is 54.9 Å². The van der Waals surface area contributed by atoms with Crippen LogP contribution in [0.4, 0.5) is 0 Å². The van der Waals surface area contributed by atoms with Crippen molar-refractivity contribution in [3.05, 3.63) is 98.3 Å². The Labute approximate surface area is 133 Å². The van der Waals surface area contributed by atoms with E-state index in [4.69, 9.17) is 0 Å². The molecule has 1 unspecified atom stereocenters. The van der Waals surface area contributed by atoms with Crippen LogP contribution in [-0.4, -0.2) is 9.55 Å². The molecule has 0 bridgehead atoms. The molecular weight excluding hydrogens is 288 g/mol. The lowest BCUT2D eigenvalue weighted by atomic mass is 9.94. The fraction of sp³-hybridized carbons (Fsp3) is 0.158. The maximum Gasteiger partial charge on any atom is 0.333 e. The van der Waals surface area contributed by atoms with Gasteiger partial charge in [-0.3, -0.25) is 4.79 Å². The van der Waals surface area contributed by atoms with Crippen molar-refractivity contribution >= 4 is 0 Å². The van der Waals surface area contributed by atoms with E-state index in [1.165, 1.54) is 4.57 Å². The Kier molecular flexibility index (Phi) is 3.23. The average Bonchev–Trinajstić information content (AvgIpc) is 3.00. The van der Waals surface area contributed by atoms with Crippen LogP contribution >= 0.6 is 0 Å². The number of H-pyrrole nitrogens is 1. The van der Waals surface area contributed by atoms with Crippen LogP contribution in [-0.2, 0) is 6.42 Å². The Morgan fingerprint density at radius 2 is 1.57 bits per heavy atom. The normalized spacial score (nSPS) is 16.3. The van der Waals surface area contributed by atoms with Gasteiger partial charge >= 0.3 is 5.69 Å². The van der Waals surface area contributed by atoms with E-state index in [0.717, 1.165) is 29.7 Å². The Hall–Kier alpha value is -2.88. The molecule has 0 saturated heterocycles. The molecule has 0 saturated carbocycles. The van der Waals surface area contributed by atoms with E-state index in [-0.39, 0.29) is 17.2 Å². The van der Waals surface area contributed by atoms with Crippen LogP contribution in [0.25, 0.3) is 5.69 Å². The molecule has 1 aliphatic rings. The standard InChI is InChI=1S/C19H16N2O2/c22-18-17-15(13-7-3-1-4-8-13)11-12-16(17)20-19(23)21(18)14-9-5-2-6-10-14/h1-10,15H,11-12H2,(H,20,23). The van der Waals surface area contributed by atoms with Crippen LogP contribution in [0, 0.1) is 0 Å². The van der Waals surface area contributed by atoms with Crippen LogP contribution in [0.1, 0.15) is 29.2 Å². The van der Waals surface area contributed by atoms with Crippen molar-refractivity contribution in [1.82, 2.24) is 9.55 Å². The summed E-state index contributed by atoms with van der Waals surface area (Å²) in [4.78, 5) is 28.3. The second-order valence-electron chi connectivity index (χ2n) is 5.80. The van der Waals surface area contributed by atoms with Crippen molar-refractivity contribution in [2.45, 2.75) is 18.8 Å². The quantitative estimate of drug-likeness (QED) is 0.791. The van der Waals surface area contributed by atoms with Gasteiger partial charge in [0.1, 0.15) is 0 Å². The molecule has 2 aromatic carbocycles. The molecule has 0 aliphatic heterocycles. The van der Waals surface area contributed by atoms with E-state index in [1.807, 2.05) is 48.5 Å². The third-order valence-corrected chi connectivity index (χ3v) is 4.47. The summed E-state index contributed by atoms with van der Waals surface area (Å²) in [5.41, 5.74) is 2.64. The predicted molar refractivity (Wildman–Crippen MR) is 89.3 cm³/mol. The summed E-state index contributed by atoms with van der Waals surface area (Å²) in [5.74, 6) is 0.0468. The molecular formula is C19H16N2O2. The van der Waals surface area contributed by atoms with Gasteiger partial charge in [0.25, 0.3) is 5.56 Å². The highest BCUT2D eigenvalue weighted by Crippen LogP contribution is 2.34. The monoisotopic (exact) mass is 304 g/mol. The van der Waals surface area contributed by atoms with Crippen LogP contribution in [0.2, 0.25) is 0 Å². The molecule has 0 amide bonds. The molecule has 1 N–H and O–H groups in total. The van der Waals surface area contributed by atoms with Gasteiger partial charge in [0.05, 0.1) is 5.69 Å². The number of aromatic nitrogens is 2. The lowest BCUT2D eigenvalue weighted by Gasteiger charge is -2.13. The van der Waals surface area contributed by atoms with E-state index in [1.54, 1.807) is 12.1 Å². The second-order valence-corrected chi connectivity index (χ2v) is 5.80. The summed E-state index contributed by atoms with van der Waals surface area (Å²) in [5, 5.41) is 0. The first-order valence-corrected chi connectivity index (χ1v) is 7.74. The van der Waals surface area contributed by atoms with Gasteiger partial charge in [-0.2, -0.15) is 0 Å². The van der Waals surface area contributed by atoms with Crippen molar-refractivity contribution < 1.29 is 0 Å². The Morgan fingerprint density at radius 1 is 0.913 bits per heavy atom. The SMILES string of the molecule is O=c1[nH]c2c(c(=O)n1-c1ccccc1)C(c1ccccc1)CC2. The minimum absolute atomic E-state index is 0.0468. The van der Waals surface area contributed by atoms with Crippen molar-refractivity contribution in [1.29, 1.82) is 0 Å². The summed E-state index contributed by atoms with van der Waals surface area (Å²) in [6.45, 7) is 0. The van der Waals surface area contributed by atoms with Crippen LogP contribution in [0.15, 0.2) is 70.3 Å². The highest BCUT2D eigenvalue weighted by molar-refractivity contribution is 5.40. The molecule has 4 rings (SSSR count). The number of nitrogens with one attached hydrogen (secondary N) is 1. The van der Waals surface area contributed by atoms with Gasteiger partial charge in [-0.15, -0.1) is 0 Å². The third-order valence-electron chi connectivity index (χ3n) is 4.47. The zero-order valence-corrected chi connectivity index (χ0v) is 12.5. The molecule has 1 atom stereocenters. The fourth-order valence-electron chi connectivity index (χ4n) is 3.41. The van der Waals surface area contributed by atoms with Gasteiger partial charge in [0.15, 0.2) is 0 Å². The number of fused-ring (bicyclic) bond motifs is 1. The molecule has 0 spiro atoms. The first-order valence-electron chi connectivity index (χ1n) is 7.74. The van der Waals surface area contributed by atoms with E-state index in [2.05, 4.69) is 4.98 Å². The zero-order chi connectivity index (χ0) is 15.8. The number of hydrogen-bond donors (Lipinski definition) is 1. The molecule has 1 aliphatic carbocycles. The van der Waals surface area contributed by atoms with Crippen LogP contribution < -0.4 is 11.2 Å². The number of para-hydroxylation sites is 1. The van der Waals surface area contributed by atoms with E-state index >= 15 is 0 Å².